The van der Waals surface area contributed by atoms with E-state index in [-0.39, 0.29) is 11.4 Å². The molecule has 0 atom stereocenters. The van der Waals surface area contributed by atoms with Crippen molar-refractivity contribution < 1.29 is 17.6 Å². The molecule has 0 spiro atoms. The molecule has 0 bridgehead atoms. The van der Waals surface area contributed by atoms with E-state index in [4.69, 9.17) is 9.15 Å². The predicted molar refractivity (Wildman–Crippen MR) is 72.5 cm³/mol. The Balaban J connectivity index is 2.69. The smallest absolute Gasteiger partial charge is 0.244 e. The van der Waals surface area contributed by atoms with Crippen molar-refractivity contribution in [1.29, 1.82) is 0 Å². The maximum absolute atomic E-state index is 12.1. The second kappa shape index (κ2) is 7.64. The SMILES string of the molecule is CCNCc1cc(S(=O)(=O)NCCOCC)c(C)o1. The van der Waals surface area contributed by atoms with E-state index >= 15 is 0 Å². The molecule has 1 rings (SSSR count). The van der Waals surface area contributed by atoms with Gasteiger partial charge in [-0.2, -0.15) is 0 Å². The first-order chi connectivity index (χ1) is 9.01. The van der Waals surface area contributed by atoms with E-state index in [1.807, 2.05) is 13.8 Å². The zero-order valence-corrected chi connectivity index (χ0v) is 12.5. The van der Waals surface area contributed by atoms with Gasteiger partial charge in [-0.3, -0.25) is 0 Å². The molecule has 0 saturated carbocycles. The average Bonchev–Trinajstić information content (AvgIpc) is 2.74. The van der Waals surface area contributed by atoms with Crippen LogP contribution in [0.3, 0.4) is 0 Å². The lowest BCUT2D eigenvalue weighted by molar-refractivity contribution is 0.153. The summed E-state index contributed by atoms with van der Waals surface area (Å²) in [6.45, 7) is 7.98. The van der Waals surface area contributed by atoms with Crippen LogP contribution in [0.15, 0.2) is 15.4 Å². The zero-order valence-electron chi connectivity index (χ0n) is 11.7. The summed E-state index contributed by atoms with van der Waals surface area (Å²) >= 11 is 0. The zero-order chi connectivity index (χ0) is 14.3. The monoisotopic (exact) mass is 290 g/mol. The van der Waals surface area contributed by atoms with Crippen molar-refractivity contribution in [2.45, 2.75) is 32.2 Å². The van der Waals surface area contributed by atoms with Crippen molar-refractivity contribution in [1.82, 2.24) is 10.0 Å². The summed E-state index contributed by atoms with van der Waals surface area (Å²) in [6.07, 6.45) is 0. The van der Waals surface area contributed by atoms with Gasteiger partial charge in [0.1, 0.15) is 16.4 Å². The van der Waals surface area contributed by atoms with Crippen LogP contribution in [0, 0.1) is 6.92 Å². The number of rotatable bonds is 9. The Hall–Kier alpha value is -0.890. The van der Waals surface area contributed by atoms with E-state index in [1.54, 1.807) is 13.0 Å². The van der Waals surface area contributed by atoms with Gasteiger partial charge in [0.25, 0.3) is 0 Å². The highest BCUT2D eigenvalue weighted by atomic mass is 32.2. The topological polar surface area (TPSA) is 80.6 Å². The number of hydrogen-bond acceptors (Lipinski definition) is 5. The summed E-state index contributed by atoms with van der Waals surface area (Å²) in [5.41, 5.74) is 0. The molecule has 0 aliphatic carbocycles. The number of hydrogen-bond donors (Lipinski definition) is 2. The molecule has 0 radical (unpaired) electrons. The number of furan rings is 1. The lowest BCUT2D eigenvalue weighted by Gasteiger charge is -2.05. The largest absolute Gasteiger partial charge is 0.464 e. The molecule has 0 saturated heterocycles. The van der Waals surface area contributed by atoms with E-state index in [0.29, 0.717) is 31.3 Å². The molecule has 1 aromatic rings. The highest BCUT2D eigenvalue weighted by molar-refractivity contribution is 7.89. The maximum Gasteiger partial charge on any atom is 0.244 e. The third-order valence-electron chi connectivity index (χ3n) is 2.50. The first-order valence-electron chi connectivity index (χ1n) is 6.38. The van der Waals surface area contributed by atoms with E-state index < -0.39 is 10.0 Å². The molecule has 0 unspecified atom stereocenters. The fourth-order valence-electron chi connectivity index (χ4n) is 1.60. The number of sulfonamides is 1. The highest BCUT2D eigenvalue weighted by Crippen LogP contribution is 2.19. The Morgan fingerprint density at radius 1 is 1.37 bits per heavy atom. The van der Waals surface area contributed by atoms with Gasteiger partial charge in [-0.1, -0.05) is 6.92 Å². The summed E-state index contributed by atoms with van der Waals surface area (Å²) in [5.74, 6) is 1.02. The molecule has 0 fully saturated rings. The van der Waals surface area contributed by atoms with Crippen LogP contribution in [-0.4, -0.2) is 34.7 Å². The van der Waals surface area contributed by atoms with Crippen LogP contribution >= 0.6 is 0 Å². The average molecular weight is 290 g/mol. The molecule has 0 aliphatic heterocycles. The summed E-state index contributed by atoms with van der Waals surface area (Å²) in [6, 6.07) is 1.56. The van der Waals surface area contributed by atoms with Gasteiger partial charge in [-0.25, -0.2) is 13.1 Å². The molecular weight excluding hydrogens is 268 g/mol. The molecule has 0 aliphatic rings. The fraction of sp³-hybridized carbons (Fsp3) is 0.667. The quantitative estimate of drug-likeness (QED) is 0.664. The number of aryl methyl sites for hydroxylation is 1. The maximum atomic E-state index is 12.1. The van der Waals surface area contributed by atoms with Gasteiger partial charge >= 0.3 is 0 Å². The minimum Gasteiger partial charge on any atom is -0.464 e. The molecule has 0 amide bonds. The van der Waals surface area contributed by atoms with Crippen LogP contribution in [0.4, 0.5) is 0 Å². The Labute approximate surface area is 114 Å². The van der Waals surface area contributed by atoms with Gasteiger partial charge in [-0.05, 0) is 20.4 Å². The van der Waals surface area contributed by atoms with Crippen molar-refractivity contribution in [2.24, 2.45) is 0 Å². The summed E-state index contributed by atoms with van der Waals surface area (Å²) in [7, 11) is -3.53. The van der Waals surface area contributed by atoms with E-state index in [1.165, 1.54) is 0 Å². The van der Waals surface area contributed by atoms with Crippen LogP contribution in [-0.2, 0) is 21.3 Å². The molecule has 1 aromatic heterocycles. The summed E-state index contributed by atoms with van der Waals surface area (Å²) < 4.78 is 37.1. The molecule has 6 nitrogen and oxygen atoms in total. The third kappa shape index (κ3) is 4.94. The Bertz CT molecular complexity index is 482. The molecule has 110 valence electrons. The van der Waals surface area contributed by atoms with Gasteiger partial charge in [-0.15, -0.1) is 0 Å². The number of ether oxygens (including phenoxy) is 1. The van der Waals surface area contributed by atoms with Crippen LogP contribution in [0.25, 0.3) is 0 Å². The van der Waals surface area contributed by atoms with Crippen LogP contribution in [0.2, 0.25) is 0 Å². The van der Waals surface area contributed by atoms with Crippen molar-refractivity contribution in [3.05, 3.63) is 17.6 Å². The van der Waals surface area contributed by atoms with Crippen molar-refractivity contribution in [3.8, 4) is 0 Å². The fourth-order valence-corrected chi connectivity index (χ4v) is 2.81. The van der Waals surface area contributed by atoms with Crippen molar-refractivity contribution in [2.75, 3.05) is 26.3 Å². The van der Waals surface area contributed by atoms with E-state index in [9.17, 15) is 8.42 Å². The van der Waals surface area contributed by atoms with Crippen LogP contribution < -0.4 is 10.0 Å². The lowest BCUT2D eigenvalue weighted by Crippen LogP contribution is -2.27. The lowest BCUT2D eigenvalue weighted by atomic mass is 10.4. The van der Waals surface area contributed by atoms with Crippen molar-refractivity contribution in [3.63, 3.8) is 0 Å². The van der Waals surface area contributed by atoms with Crippen LogP contribution in [0.1, 0.15) is 25.4 Å². The second-order valence-electron chi connectivity index (χ2n) is 4.01. The summed E-state index contributed by atoms with van der Waals surface area (Å²) in [5, 5.41) is 3.09. The molecular formula is C12H22N2O4S. The second-order valence-corrected chi connectivity index (χ2v) is 5.74. The molecule has 1 heterocycles. The van der Waals surface area contributed by atoms with Gasteiger partial charge < -0.3 is 14.5 Å². The Morgan fingerprint density at radius 2 is 2.11 bits per heavy atom. The normalized spacial score (nSPS) is 11.9. The minimum atomic E-state index is -3.53. The Kier molecular flexibility index (Phi) is 6.50. The van der Waals surface area contributed by atoms with Crippen LogP contribution in [0.5, 0.6) is 0 Å². The van der Waals surface area contributed by atoms with Gasteiger partial charge in [0.05, 0.1) is 13.2 Å². The minimum absolute atomic E-state index is 0.192. The molecule has 7 heteroatoms. The summed E-state index contributed by atoms with van der Waals surface area (Å²) in [4.78, 5) is 0.192. The first kappa shape index (κ1) is 16.2. The van der Waals surface area contributed by atoms with Crippen molar-refractivity contribution >= 4 is 10.0 Å². The third-order valence-corrected chi connectivity index (χ3v) is 4.07. The van der Waals surface area contributed by atoms with Gasteiger partial charge in [0.15, 0.2) is 0 Å². The van der Waals surface area contributed by atoms with Gasteiger partial charge in [0.2, 0.25) is 10.0 Å². The molecule has 19 heavy (non-hydrogen) atoms. The predicted octanol–water partition coefficient (Wildman–Crippen LogP) is 1.01. The van der Waals surface area contributed by atoms with E-state index in [2.05, 4.69) is 10.0 Å². The Morgan fingerprint density at radius 3 is 2.74 bits per heavy atom. The molecule has 2 N–H and O–H groups in total. The first-order valence-corrected chi connectivity index (χ1v) is 7.87. The van der Waals surface area contributed by atoms with Gasteiger partial charge in [0, 0.05) is 19.2 Å². The standard InChI is InChI=1S/C12H22N2O4S/c1-4-13-9-11-8-12(10(3)18-11)19(15,16)14-6-7-17-5-2/h8,13-14H,4-7,9H2,1-3H3. The highest BCUT2D eigenvalue weighted by Gasteiger charge is 2.20. The molecule has 0 aromatic carbocycles. The van der Waals surface area contributed by atoms with E-state index in [0.717, 1.165) is 6.54 Å². The number of nitrogens with one attached hydrogen (secondary N) is 2.